The van der Waals surface area contributed by atoms with Gasteiger partial charge in [-0.2, -0.15) is 0 Å². The second-order valence-electron chi connectivity index (χ2n) is 6.46. The summed E-state index contributed by atoms with van der Waals surface area (Å²) in [6.45, 7) is 1.29. The molecule has 0 amide bonds. The fraction of sp³-hybridized carbons (Fsp3) is 0.174. The molecule has 1 N–H and O–H groups in total. The summed E-state index contributed by atoms with van der Waals surface area (Å²) in [5.74, 6) is 1.65. The van der Waals surface area contributed by atoms with Crippen LogP contribution in [0.25, 0.3) is 0 Å². The van der Waals surface area contributed by atoms with Crippen molar-refractivity contribution in [3.05, 3.63) is 88.9 Å². The molecule has 3 aromatic carbocycles. The van der Waals surface area contributed by atoms with E-state index in [1.165, 1.54) is 0 Å². The average molecular weight is 427 g/mol. The third-order valence-corrected chi connectivity index (χ3v) is 5.16. The van der Waals surface area contributed by atoms with Gasteiger partial charge in [0.1, 0.15) is 11.5 Å². The number of halogens is 1. The zero-order valence-corrected chi connectivity index (χ0v) is 18.0. The normalized spacial score (nSPS) is 10.3. The van der Waals surface area contributed by atoms with E-state index in [0.717, 1.165) is 28.3 Å². The number of thiocarbonyl (C=S) groups is 1. The average Bonchev–Trinajstić information content (AvgIpc) is 2.76. The van der Waals surface area contributed by atoms with E-state index in [2.05, 4.69) is 10.2 Å². The number of hydrogen-bond donors (Lipinski definition) is 1. The van der Waals surface area contributed by atoms with Crippen LogP contribution in [-0.2, 0) is 13.1 Å². The molecule has 0 unspecified atom stereocenters. The van der Waals surface area contributed by atoms with Gasteiger partial charge in [-0.3, -0.25) is 0 Å². The molecule has 0 aliphatic heterocycles. The Morgan fingerprint density at radius 3 is 1.76 bits per heavy atom. The van der Waals surface area contributed by atoms with Crippen LogP contribution in [-0.4, -0.2) is 24.2 Å². The molecule has 0 atom stereocenters. The van der Waals surface area contributed by atoms with Gasteiger partial charge in [0.05, 0.1) is 24.9 Å². The Morgan fingerprint density at radius 1 is 0.828 bits per heavy atom. The molecule has 0 bridgehead atoms. The van der Waals surface area contributed by atoms with Crippen LogP contribution in [0.3, 0.4) is 0 Å². The molecule has 0 radical (unpaired) electrons. The lowest BCUT2D eigenvalue weighted by atomic mass is 10.1. The summed E-state index contributed by atoms with van der Waals surface area (Å²) in [4.78, 5) is 2.10. The maximum atomic E-state index is 6.29. The molecule has 0 spiro atoms. The van der Waals surface area contributed by atoms with E-state index < -0.39 is 0 Å². The van der Waals surface area contributed by atoms with Gasteiger partial charge < -0.3 is 19.7 Å². The van der Waals surface area contributed by atoms with Crippen molar-refractivity contribution in [3.63, 3.8) is 0 Å². The highest BCUT2D eigenvalue weighted by Crippen LogP contribution is 2.22. The number of nitrogens with zero attached hydrogens (tertiary/aromatic N) is 1. The smallest absolute Gasteiger partial charge is 0.174 e. The molecular formula is C23H23ClN2O2S. The van der Waals surface area contributed by atoms with Crippen LogP contribution in [0.1, 0.15) is 11.1 Å². The topological polar surface area (TPSA) is 33.7 Å². The van der Waals surface area contributed by atoms with Crippen molar-refractivity contribution in [1.82, 2.24) is 4.90 Å². The van der Waals surface area contributed by atoms with Crippen LogP contribution in [0, 0.1) is 0 Å². The Hall–Kier alpha value is -2.76. The molecule has 0 fully saturated rings. The summed E-state index contributed by atoms with van der Waals surface area (Å²) in [6.07, 6.45) is 0. The van der Waals surface area contributed by atoms with Gasteiger partial charge in [-0.1, -0.05) is 48.0 Å². The van der Waals surface area contributed by atoms with E-state index in [0.29, 0.717) is 23.2 Å². The van der Waals surface area contributed by atoms with Gasteiger partial charge in [-0.15, -0.1) is 0 Å². The highest BCUT2D eigenvalue weighted by molar-refractivity contribution is 7.80. The maximum absolute atomic E-state index is 6.29. The molecule has 0 saturated carbocycles. The molecule has 0 saturated heterocycles. The minimum Gasteiger partial charge on any atom is -0.497 e. The molecule has 0 heterocycles. The molecule has 3 rings (SSSR count). The Morgan fingerprint density at radius 2 is 1.31 bits per heavy atom. The SMILES string of the molecule is COc1ccc(CN(Cc2ccc(OC)cc2)C(=S)Nc2ccccc2Cl)cc1. The first-order valence-electron chi connectivity index (χ1n) is 9.15. The molecule has 0 aliphatic rings. The van der Waals surface area contributed by atoms with Crippen molar-refractivity contribution >= 4 is 34.6 Å². The quantitative estimate of drug-likeness (QED) is 0.486. The van der Waals surface area contributed by atoms with Crippen molar-refractivity contribution in [1.29, 1.82) is 0 Å². The van der Waals surface area contributed by atoms with Crippen molar-refractivity contribution in [2.24, 2.45) is 0 Å². The lowest BCUT2D eigenvalue weighted by molar-refractivity contribution is 0.404. The first kappa shape index (κ1) is 21.0. The number of benzene rings is 3. The van der Waals surface area contributed by atoms with Crippen LogP contribution in [0.4, 0.5) is 5.69 Å². The monoisotopic (exact) mass is 426 g/mol. The van der Waals surface area contributed by atoms with Gasteiger partial charge >= 0.3 is 0 Å². The number of ether oxygens (including phenoxy) is 2. The van der Waals surface area contributed by atoms with Crippen molar-refractivity contribution in [2.75, 3.05) is 19.5 Å². The molecule has 0 aliphatic carbocycles. The van der Waals surface area contributed by atoms with Gasteiger partial charge in [0.15, 0.2) is 5.11 Å². The predicted octanol–water partition coefficient (Wildman–Crippen LogP) is 5.76. The number of anilines is 1. The summed E-state index contributed by atoms with van der Waals surface area (Å²) < 4.78 is 10.5. The zero-order valence-electron chi connectivity index (χ0n) is 16.4. The Kier molecular flexibility index (Phi) is 7.33. The highest BCUT2D eigenvalue weighted by atomic mass is 35.5. The van der Waals surface area contributed by atoms with E-state index in [9.17, 15) is 0 Å². The van der Waals surface area contributed by atoms with E-state index in [1.807, 2.05) is 72.8 Å². The van der Waals surface area contributed by atoms with Gasteiger partial charge in [-0.05, 0) is 59.7 Å². The Balaban J connectivity index is 1.80. The molecule has 29 heavy (non-hydrogen) atoms. The summed E-state index contributed by atoms with van der Waals surface area (Å²) in [5, 5.41) is 4.50. The number of nitrogens with one attached hydrogen (secondary N) is 1. The maximum Gasteiger partial charge on any atom is 0.174 e. The lowest BCUT2D eigenvalue weighted by Crippen LogP contribution is -2.33. The number of methoxy groups -OCH3 is 2. The molecule has 150 valence electrons. The van der Waals surface area contributed by atoms with E-state index in [-0.39, 0.29) is 0 Å². The highest BCUT2D eigenvalue weighted by Gasteiger charge is 2.13. The second-order valence-corrected chi connectivity index (χ2v) is 7.26. The largest absolute Gasteiger partial charge is 0.497 e. The van der Waals surface area contributed by atoms with Gasteiger partial charge in [0, 0.05) is 13.1 Å². The fourth-order valence-electron chi connectivity index (χ4n) is 2.86. The zero-order chi connectivity index (χ0) is 20.6. The van der Waals surface area contributed by atoms with Gasteiger partial charge in [-0.25, -0.2) is 0 Å². The molecular weight excluding hydrogens is 404 g/mol. The predicted molar refractivity (Wildman–Crippen MR) is 123 cm³/mol. The van der Waals surface area contributed by atoms with Gasteiger partial charge in [0.25, 0.3) is 0 Å². The number of hydrogen-bond acceptors (Lipinski definition) is 3. The number of para-hydroxylation sites is 1. The summed E-state index contributed by atoms with van der Waals surface area (Å²) >= 11 is 12.0. The standard InChI is InChI=1S/C23H23ClN2O2S/c1-27-19-11-7-17(8-12-19)15-26(16-18-9-13-20(28-2)14-10-18)23(29)25-22-6-4-3-5-21(22)24/h3-14H,15-16H2,1-2H3,(H,25,29). The third kappa shape index (κ3) is 5.86. The minimum atomic E-state index is 0.602. The van der Waals surface area contributed by atoms with Crippen LogP contribution in [0.5, 0.6) is 11.5 Å². The van der Waals surface area contributed by atoms with Crippen molar-refractivity contribution in [2.45, 2.75) is 13.1 Å². The molecule has 3 aromatic rings. The van der Waals surface area contributed by atoms with E-state index in [1.54, 1.807) is 14.2 Å². The minimum absolute atomic E-state index is 0.602. The molecule has 6 heteroatoms. The Bertz CT molecular complexity index is 896. The van der Waals surface area contributed by atoms with Crippen LogP contribution in [0.2, 0.25) is 5.02 Å². The van der Waals surface area contributed by atoms with Crippen LogP contribution < -0.4 is 14.8 Å². The van der Waals surface area contributed by atoms with Crippen molar-refractivity contribution in [3.8, 4) is 11.5 Å². The van der Waals surface area contributed by atoms with Crippen LogP contribution >= 0.6 is 23.8 Å². The van der Waals surface area contributed by atoms with Crippen molar-refractivity contribution < 1.29 is 9.47 Å². The number of rotatable bonds is 7. The lowest BCUT2D eigenvalue weighted by Gasteiger charge is -2.26. The molecule has 0 aromatic heterocycles. The van der Waals surface area contributed by atoms with E-state index >= 15 is 0 Å². The van der Waals surface area contributed by atoms with E-state index in [4.69, 9.17) is 33.3 Å². The first-order valence-corrected chi connectivity index (χ1v) is 9.94. The third-order valence-electron chi connectivity index (χ3n) is 4.47. The molecule has 4 nitrogen and oxygen atoms in total. The Labute approximate surface area is 182 Å². The van der Waals surface area contributed by atoms with Crippen LogP contribution in [0.15, 0.2) is 72.8 Å². The summed E-state index contributed by atoms with van der Waals surface area (Å²) in [6, 6.07) is 23.5. The summed E-state index contributed by atoms with van der Waals surface area (Å²) in [7, 11) is 3.32. The van der Waals surface area contributed by atoms with Gasteiger partial charge in [0.2, 0.25) is 0 Å². The summed E-state index contributed by atoms with van der Waals surface area (Å²) in [5.41, 5.74) is 3.04. The first-order chi connectivity index (χ1) is 14.1. The second kappa shape index (κ2) is 10.1. The fourth-order valence-corrected chi connectivity index (χ4v) is 3.28.